The molecule has 0 N–H and O–H groups in total. The van der Waals surface area contributed by atoms with E-state index in [0.717, 1.165) is 0 Å². The Bertz CT molecular complexity index is 1490. The molecule has 0 aliphatic heterocycles. The molecular weight excluding hydrogens is 410 g/mol. The summed E-state index contributed by atoms with van der Waals surface area (Å²) in [5, 5.41) is 2.56. The number of aromatic nitrogens is 1. The average molecular weight is 438 g/mol. The van der Waals surface area contributed by atoms with Gasteiger partial charge in [-0.2, -0.15) is 0 Å². The van der Waals surface area contributed by atoms with Gasteiger partial charge < -0.3 is 4.57 Å². The zero-order valence-electron chi connectivity index (χ0n) is 19.6. The Labute approximate surface area is 200 Å². The summed E-state index contributed by atoms with van der Waals surface area (Å²) in [5.41, 5.74) is 10.00. The van der Waals surface area contributed by atoms with Gasteiger partial charge in [-0.15, -0.1) is 0 Å². The molecule has 1 heteroatoms. The van der Waals surface area contributed by atoms with Gasteiger partial charge in [0.15, 0.2) is 0 Å². The minimum atomic E-state index is 0.522. The van der Waals surface area contributed by atoms with Crippen molar-refractivity contribution in [2.75, 3.05) is 0 Å². The van der Waals surface area contributed by atoms with Gasteiger partial charge in [0.2, 0.25) is 0 Å². The number of benzene rings is 5. The fraction of sp³-hybridized carbons (Fsp3) is 0.0909. The maximum absolute atomic E-state index is 2.40. The van der Waals surface area contributed by atoms with Gasteiger partial charge in [-0.3, -0.25) is 0 Å². The molecule has 0 radical (unpaired) electrons. The highest BCUT2D eigenvalue weighted by Gasteiger charge is 2.15. The Hall–Kier alpha value is -4.10. The predicted molar refractivity (Wildman–Crippen MR) is 146 cm³/mol. The lowest BCUT2D eigenvalue weighted by Crippen LogP contribution is -1.95. The number of hydrogen-bond donors (Lipinski definition) is 0. The first-order valence-corrected chi connectivity index (χ1v) is 12.0. The first-order chi connectivity index (χ1) is 16.7. The summed E-state index contributed by atoms with van der Waals surface area (Å²) in [6.07, 6.45) is 0. The summed E-state index contributed by atoms with van der Waals surface area (Å²) < 4.78 is 2.40. The van der Waals surface area contributed by atoms with Gasteiger partial charge >= 0.3 is 0 Å². The van der Waals surface area contributed by atoms with E-state index in [1.807, 2.05) is 0 Å². The summed E-state index contributed by atoms with van der Waals surface area (Å²) in [6.45, 7) is 4.48. The van der Waals surface area contributed by atoms with Crippen molar-refractivity contribution in [1.82, 2.24) is 4.57 Å². The molecule has 1 aromatic heterocycles. The first-order valence-electron chi connectivity index (χ1n) is 12.0. The maximum atomic E-state index is 2.40. The van der Waals surface area contributed by atoms with Gasteiger partial charge in [0, 0.05) is 16.5 Å². The molecule has 0 unspecified atom stereocenters. The molecule has 0 bridgehead atoms. The van der Waals surface area contributed by atoms with E-state index in [2.05, 4.69) is 140 Å². The maximum Gasteiger partial charge on any atom is 0.0541 e. The Morgan fingerprint density at radius 3 is 1.38 bits per heavy atom. The van der Waals surface area contributed by atoms with E-state index >= 15 is 0 Å². The lowest BCUT2D eigenvalue weighted by molar-refractivity contribution is 0.866. The number of nitrogens with zero attached hydrogens (tertiary/aromatic N) is 1. The fourth-order valence-corrected chi connectivity index (χ4v) is 4.93. The molecule has 0 amide bonds. The largest absolute Gasteiger partial charge is 0.309 e. The normalized spacial score (nSPS) is 11.5. The standard InChI is InChI=1S/C33H27N/c1-23(2)24-13-17-29(18-14-24)34-32-19-15-27(25-9-5-3-6-10-25)21-30(32)31-22-28(16-20-33(31)34)26-11-7-4-8-12-26/h3-23H,1-2H3. The van der Waals surface area contributed by atoms with E-state index in [1.165, 1.54) is 55.3 Å². The van der Waals surface area contributed by atoms with Gasteiger partial charge in [0.1, 0.15) is 0 Å². The van der Waals surface area contributed by atoms with Gasteiger partial charge in [0.25, 0.3) is 0 Å². The van der Waals surface area contributed by atoms with Crippen molar-refractivity contribution in [2.45, 2.75) is 19.8 Å². The number of hydrogen-bond acceptors (Lipinski definition) is 0. The lowest BCUT2D eigenvalue weighted by Gasteiger charge is -2.11. The van der Waals surface area contributed by atoms with E-state index in [4.69, 9.17) is 0 Å². The van der Waals surface area contributed by atoms with Crippen LogP contribution in [-0.2, 0) is 0 Å². The highest BCUT2D eigenvalue weighted by atomic mass is 15.0. The Morgan fingerprint density at radius 2 is 0.941 bits per heavy atom. The Kier molecular flexibility index (Phi) is 5.04. The van der Waals surface area contributed by atoms with E-state index in [0.29, 0.717) is 5.92 Å². The third kappa shape index (κ3) is 3.50. The second-order valence-electron chi connectivity index (χ2n) is 9.28. The molecule has 34 heavy (non-hydrogen) atoms. The zero-order valence-corrected chi connectivity index (χ0v) is 19.6. The van der Waals surface area contributed by atoms with E-state index in [-0.39, 0.29) is 0 Å². The van der Waals surface area contributed by atoms with Crippen LogP contribution in [0.5, 0.6) is 0 Å². The van der Waals surface area contributed by atoms with Crippen LogP contribution < -0.4 is 0 Å². The monoisotopic (exact) mass is 437 g/mol. The van der Waals surface area contributed by atoms with Gasteiger partial charge in [0.05, 0.1) is 11.0 Å². The smallest absolute Gasteiger partial charge is 0.0541 e. The predicted octanol–water partition coefficient (Wildman–Crippen LogP) is 9.24. The third-order valence-corrected chi connectivity index (χ3v) is 6.80. The van der Waals surface area contributed by atoms with Crippen LogP contribution in [0, 0.1) is 0 Å². The van der Waals surface area contributed by atoms with Crippen LogP contribution >= 0.6 is 0 Å². The Morgan fingerprint density at radius 1 is 0.471 bits per heavy atom. The quantitative estimate of drug-likeness (QED) is 0.259. The van der Waals surface area contributed by atoms with Crippen molar-refractivity contribution in [3.8, 4) is 27.9 Å². The van der Waals surface area contributed by atoms with Crippen molar-refractivity contribution < 1.29 is 0 Å². The minimum Gasteiger partial charge on any atom is -0.309 e. The van der Waals surface area contributed by atoms with Crippen LogP contribution in [0.2, 0.25) is 0 Å². The second-order valence-corrected chi connectivity index (χ2v) is 9.28. The molecule has 164 valence electrons. The van der Waals surface area contributed by atoms with Gasteiger partial charge in [-0.1, -0.05) is 98.8 Å². The van der Waals surface area contributed by atoms with E-state index < -0.39 is 0 Å². The molecule has 0 atom stereocenters. The highest BCUT2D eigenvalue weighted by molar-refractivity contribution is 6.11. The molecule has 1 heterocycles. The molecule has 0 saturated carbocycles. The molecule has 0 aliphatic rings. The van der Waals surface area contributed by atoms with Crippen molar-refractivity contribution in [3.05, 3.63) is 127 Å². The van der Waals surface area contributed by atoms with Crippen LogP contribution in [0.15, 0.2) is 121 Å². The summed E-state index contributed by atoms with van der Waals surface area (Å²) >= 11 is 0. The summed E-state index contributed by atoms with van der Waals surface area (Å²) in [4.78, 5) is 0. The molecule has 0 saturated heterocycles. The van der Waals surface area contributed by atoms with Crippen molar-refractivity contribution in [3.63, 3.8) is 0 Å². The highest BCUT2D eigenvalue weighted by Crippen LogP contribution is 2.37. The van der Waals surface area contributed by atoms with Gasteiger partial charge in [-0.25, -0.2) is 0 Å². The van der Waals surface area contributed by atoms with E-state index in [1.54, 1.807) is 0 Å². The topological polar surface area (TPSA) is 4.93 Å². The number of rotatable bonds is 4. The molecule has 0 aliphatic carbocycles. The molecule has 0 spiro atoms. The van der Waals surface area contributed by atoms with Crippen LogP contribution in [0.4, 0.5) is 0 Å². The molecule has 6 aromatic rings. The second kappa shape index (κ2) is 8.35. The molecule has 1 nitrogen and oxygen atoms in total. The SMILES string of the molecule is CC(C)c1ccc(-n2c3ccc(-c4ccccc4)cc3c3cc(-c4ccccc4)ccc32)cc1. The van der Waals surface area contributed by atoms with Crippen LogP contribution in [0.3, 0.4) is 0 Å². The lowest BCUT2D eigenvalue weighted by atomic mass is 10.0. The van der Waals surface area contributed by atoms with Crippen LogP contribution in [0.25, 0.3) is 49.7 Å². The summed E-state index contributed by atoms with van der Waals surface area (Å²) in [5.74, 6) is 0.522. The van der Waals surface area contributed by atoms with Crippen LogP contribution in [-0.4, -0.2) is 4.57 Å². The third-order valence-electron chi connectivity index (χ3n) is 6.80. The summed E-state index contributed by atoms with van der Waals surface area (Å²) in [6, 6.07) is 44.0. The average Bonchev–Trinajstić information content (AvgIpc) is 3.22. The summed E-state index contributed by atoms with van der Waals surface area (Å²) in [7, 11) is 0. The van der Waals surface area contributed by atoms with Crippen molar-refractivity contribution in [2.24, 2.45) is 0 Å². The molecule has 6 rings (SSSR count). The van der Waals surface area contributed by atoms with Gasteiger partial charge in [-0.05, 0) is 70.1 Å². The van der Waals surface area contributed by atoms with Crippen molar-refractivity contribution >= 4 is 21.8 Å². The molecule has 0 fully saturated rings. The van der Waals surface area contributed by atoms with E-state index in [9.17, 15) is 0 Å². The zero-order chi connectivity index (χ0) is 23.1. The molecular formula is C33H27N. The van der Waals surface area contributed by atoms with Crippen molar-refractivity contribution in [1.29, 1.82) is 0 Å². The minimum absolute atomic E-state index is 0.522. The number of fused-ring (bicyclic) bond motifs is 3. The first kappa shape index (κ1) is 20.5. The molecule has 5 aromatic carbocycles. The fourth-order valence-electron chi connectivity index (χ4n) is 4.93. The van der Waals surface area contributed by atoms with Crippen LogP contribution in [0.1, 0.15) is 25.3 Å². The Balaban J connectivity index is 1.63.